The van der Waals surface area contributed by atoms with Gasteiger partial charge in [0, 0.05) is 33.0 Å². The molecule has 0 saturated carbocycles. The molecular weight excluding hydrogens is 467 g/mol. The number of hydrogen-bond acceptors (Lipinski definition) is 4. The fourth-order valence-corrected chi connectivity index (χ4v) is 2.86. The summed E-state index contributed by atoms with van der Waals surface area (Å²) in [6, 6.07) is 5.86. The highest BCUT2D eigenvalue weighted by Gasteiger charge is 2.05. The second-order valence-electron chi connectivity index (χ2n) is 6.63. The number of rotatable bonds is 13. The fourth-order valence-electron chi connectivity index (χ4n) is 2.86. The number of ether oxygens (including phenoxy) is 1. The summed E-state index contributed by atoms with van der Waals surface area (Å²) in [5.41, 5.74) is 0.847. The molecule has 2 aromatic heterocycles. The van der Waals surface area contributed by atoms with Crippen LogP contribution in [0.2, 0.25) is 0 Å². The van der Waals surface area contributed by atoms with Crippen molar-refractivity contribution in [2.24, 2.45) is 4.99 Å². The largest absolute Gasteiger partial charge is 0.381 e. The van der Waals surface area contributed by atoms with Crippen LogP contribution in [0.4, 0.5) is 0 Å². The molecule has 0 spiro atoms. The van der Waals surface area contributed by atoms with Crippen LogP contribution in [-0.2, 0) is 11.3 Å². The summed E-state index contributed by atoms with van der Waals surface area (Å²) in [6.07, 6.45) is 10.7. The van der Waals surface area contributed by atoms with Gasteiger partial charge in [0.25, 0.3) is 0 Å². The van der Waals surface area contributed by atoms with Gasteiger partial charge < -0.3 is 15.4 Å². The maximum absolute atomic E-state index is 5.70. The zero-order valence-electron chi connectivity index (χ0n) is 17.2. The maximum Gasteiger partial charge on any atom is 0.191 e. The van der Waals surface area contributed by atoms with E-state index in [1.54, 1.807) is 7.05 Å². The molecule has 2 aromatic rings. The number of halogens is 1. The minimum absolute atomic E-state index is 0. The zero-order valence-corrected chi connectivity index (χ0v) is 19.5. The topological polar surface area (TPSA) is 75.8 Å². The van der Waals surface area contributed by atoms with Gasteiger partial charge >= 0.3 is 0 Å². The van der Waals surface area contributed by atoms with Gasteiger partial charge in [0.15, 0.2) is 17.4 Å². The zero-order chi connectivity index (χ0) is 19.2. The number of fused-ring (bicyclic) bond motifs is 1. The van der Waals surface area contributed by atoms with Gasteiger partial charge in [-0.3, -0.25) is 9.39 Å². The molecule has 0 unspecified atom stereocenters. The first-order chi connectivity index (χ1) is 13.3. The second kappa shape index (κ2) is 15.5. The van der Waals surface area contributed by atoms with Gasteiger partial charge in [-0.1, -0.05) is 45.1 Å². The number of guanidine groups is 1. The Bertz CT molecular complexity index is 676. The van der Waals surface area contributed by atoms with Crippen LogP contribution in [0.1, 0.15) is 57.7 Å². The summed E-state index contributed by atoms with van der Waals surface area (Å²) < 4.78 is 7.67. The smallest absolute Gasteiger partial charge is 0.191 e. The number of hydrogen-bond donors (Lipinski definition) is 2. The molecule has 0 aliphatic carbocycles. The normalized spacial score (nSPS) is 11.4. The molecule has 0 aromatic carbocycles. The number of nitrogens with zero attached hydrogens (tertiary/aromatic N) is 4. The average molecular weight is 502 g/mol. The molecule has 2 heterocycles. The number of aromatic nitrogens is 3. The Kier molecular flexibility index (Phi) is 13.6. The van der Waals surface area contributed by atoms with Crippen LogP contribution >= 0.6 is 24.0 Å². The minimum atomic E-state index is 0. The SMILES string of the molecule is CCCCCCCCOCCCNC(=NC)NCc1nnc2ccccn12.I. The Balaban J connectivity index is 0.00000392. The summed E-state index contributed by atoms with van der Waals surface area (Å²) >= 11 is 0. The molecule has 0 bridgehead atoms. The third-order valence-electron chi connectivity index (χ3n) is 4.42. The van der Waals surface area contributed by atoms with Crippen LogP contribution in [-0.4, -0.2) is 47.4 Å². The molecule has 7 nitrogen and oxygen atoms in total. The van der Waals surface area contributed by atoms with E-state index in [0.29, 0.717) is 6.54 Å². The number of nitrogens with one attached hydrogen (secondary N) is 2. The van der Waals surface area contributed by atoms with Gasteiger partial charge in [0.2, 0.25) is 0 Å². The van der Waals surface area contributed by atoms with E-state index in [-0.39, 0.29) is 24.0 Å². The molecule has 0 aliphatic heterocycles. The molecule has 2 N–H and O–H groups in total. The quantitative estimate of drug-likeness (QED) is 0.189. The van der Waals surface area contributed by atoms with Crippen molar-refractivity contribution in [1.29, 1.82) is 0 Å². The molecule has 28 heavy (non-hydrogen) atoms. The van der Waals surface area contributed by atoms with Crippen molar-refractivity contribution in [1.82, 2.24) is 25.2 Å². The summed E-state index contributed by atoms with van der Waals surface area (Å²) in [7, 11) is 1.77. The van der Waals surface area contributed by atoms with E-state index in [1.807, 2.05) is 28.8 Å². The monoisotopic (exact) mass is 502 g/mol. The Morgan fingerprint density at radius 3 is 2.64 bits per heavy atom. The van der Waals surface area contributed by atoms with E-state index >= 15 is 0 Å². The third kappa shape index (κ3) is 9.18. The molecule has 0 radical (unpaired) electrons. The Labute approximate surface area is 185 Å². The van der Waals surface area contributed by atoms with E-state index in [2.05, 4.69) is 32.7 Å². The Hall–Kier alpha value is -1.42. The lowest BCUT2D eigenvalue weighted by molar-refractivity contribution is 0.128. The maximum atomic E-state index is 5.70. The minimum Gasteiger partial charge on any atom is -0.381 e. The van der Waals surface area contributed by atoms with Crippen LogP contribution in [0.5, 0.6) is 0 Å². The molecule has 0 saturated heterocycles. The molecule has 158 valence electrons. The number of unbranched alkanes of at least 4 members (excludes halogenated alkanes) is 5. The summed E-state index contributed by atoms with van der Waals surface area (Å²) in [4.78, 5) is 4.25. The molecule has 0 amide bonds. The van der Waals surface area contributed by atoms with Crippen molar-refractivity contribution >= 4 is 35.6 Å². The predicted octanol–water partition coefficient (Wildman–Crippen LogP) is 3.78. The lowest BCUT2D eigenvalue weighted by Crippen LogP contribution is -2.38. The van der Waals surface area contributed by atoms with Crippen LogP contribution in [0, 0.1) is 0 Å². The van der Waals surface area contributed by atoms with Crippen LogP contribution in [0.15, 0.2) is 29.4 Å². The number of aliphatic imine (C=N–C) groups is 1. The molecule has 8 heteroatoms. The highest BCUT2D eigenvalue weighted by Crippen LogP contribution is 2.05. The van der Waals surface area contributed by atoms with Gasteiger partial charge in [-0.15, -0.1) is 34.2 Å². The van der Waals surface area contributed by atoms with E-state index in [1.165, 1.54) is 38.5 Å². The predicted molar refractivity (Wildman–Crippen MR) is 125 cm³/mol. The molecule has 0 aliphatic rings. The van der Waals surface area contributed by atoms with Gasteiger partial charge in [-0.05, 0) is 25.0 Å². The first-order valence-corrected chi connectivity index (χ1v) is 10.2. The lowest BCUT2D eigenvalue weighted by atomic mass is 10.1. The van der Waals surface area contributed by atoms with Gasteiger partial charge in [0.1, 0.15) is 0 Å². The highest BCUT2D eigenvalue weighted by atomic mass is 127. The van der Waals surface area contributed by atoms with E-state index in [9.17, 15) is 0 Å². The first-order valence-electron chi connectivity index (χ1n) is 10.2. The Morgan fingerprint density at radius 2 is 1.82 bits per heavy atom. The van der Waals surface area contributed by atoms with Crippen LogP contribution in [0.3, 0.4) is 0 Å². The van der Waals surface area contributed by atoms with E-state index < -0.39 is 0 Å². The van der Waals surface area contributed by atoms with Gasteiger partial charge in [-0.25, -0.2) is 0 Å². The first kappa shape index (κ1) is 24.6. The summed E-state index contributed by atoms with van der Waals surface area (Å²) in [5.74, 6) is 1.62. The standard InChI is InChI=1S/C20H34N6O.HI/c1-3-4-5-6-7-10-15-27-16-11-13-22-20(21-2)23-17-19-25-24-18-12-8-9-14-26(18)19;/h8-9,12,14H,3-7,10-11,13,15-17H2,1-2H3,(H2,21,22,23);1H. The second-order valence-corrected chi connectivity index (χ2v) is 6.63. The summed E-state index contributed by atoms with van der Waals surface area (Å²) in [5, 5.41) is 14.9. The van der Waals surface area contributed by atoms with E-state index in [4.69, 9.17) is 4.74 Å². The van der Waals surface area contributed by atoms with E-state index in [0.717, 1.165) is 43.6 Å². The third-order valence-corrected chi connectivity index (χ3v) is 4.42. The van der Waals surface area contributed by atoms with Crippen molar-refractivity contribution in [3.63, 3.8) is 0 Å². The highest BCUT2D eigenvalue weighted by molar-refractivity contribution is 14.0. The van der Waals surface area contributed by atoms with Crippen LogP contribution < -0.4 is 10.6 Å². The fraction of sp³-hybridized carbons (Fsp3) is 0.650. The average Bonchev–Trinajstić information content (AvgIpc) is 3.11. The van der Waals surface area contributed by atoms with Gasteiger partial charge in [0.05, 0.1) is 6.54 Å². The van der Waals surface area contributed by atoms with Crippen LogP contribution in [0.25, 0.3) is 5.65 Å². The van der Waals surface area contributed by atoms with Crippen molar-refractivity contribution < 1.29 is 4.74 Å². The molecular formula is C20H35IN6O. The van der Waals surface area contributed by atoms with Crippen molar-refractivity contribution in [2.45, 2.75) is 58.4 Å². The van der Waals surface area contributed by atoms with Crippen molar-refractivity contribution in [2.75, 3.05) is 26.8 Å². The van der Waals surface area contributed by atoms with Crippen molar-refractivity contribution in [3.05, 3.63) is 30.2 Å². The lowest BCUT2D eigenvalue weighted by Gasteiger charge is -2.11. The molecule has 2 rings (SSSR count). The number of pyridine rings is 1. The molecule has 0 atom stereocenters. The van der Waals surface area contributed by atoms with Gasteiger partial charge in [-0.2, -0.15) is 0 Å². The molecule has 0 fully saturated rings. The van der Waals surface area contributed by atoms with Crippen molar-refractivity contribution in [3.8, 4) is 0 Å². The Morgan fingerprint density at radius 1 is 1.04 bits per heavy atom. The summed E-state index contributed by atoms with van der Waals surface area (Å²) in [6.45, 7) is 5.31.